The molecule has 0 radical (unpaired) electrons. The van der Waals surface area contributed by atoms with E-state index in [1.54, 1.807) is 0 Å². The number of hydrogen-bond acceptors (Lipinski definition) is 0. The third-order valence-electron chi connectivity index (χ3n) is 6.30. The molecule has 6 aromatic rings. The summed E-state index contributed by atoms with van der Waals surface area (Å²) in [5, 5.41) is 5.20. The van der Waals surface area contributed by atoms with Crippen LogP contribution < -0.4 is 0 Å². The highest BCUT2D eigenvalue weighted by Crippen LogP contribution is 2.38. The highest BCUT2D eigenvalue weighted by molar-refractivity contribution is 6.21. The van der Waals surface area contributed by atoms with Crippen LogP contribution in [0.15, 0.2) is 103 Å². The van der Waals surface area contributed by atoms with Gasteiger partial charge < -0.3 is 4.57 Å². The Kier molecular flexibility index (Phi) is 3.97. The molecule has 1 heteroatoms. The van der Waals surface area contributed by atoms with E-state index < -0.39 is 0 Å². The van der Waals surface area contributed by atoms with Crippen molar-refractivity contribution in [1.82, 2.24) is 4.57 Å². The third kappa shape index (κ3) is 2.85. The molecule has 0 bridgehead atoms. The van der Waals surface area contributed by atoms with E-state index in [-0.39, 0.29) is 0 Å². The van der Waals surface area contributed by atoms with Crippen LogP contribution >= 0.6 is 0 Å². The molecule has 1 nitrogen and oxygen atoms in total. The quantitative estimate of drug-likeness (QED) is 0.277. The third-order valence-corrected chi connectivity index (χ3v) is 6.30. The summed E-state index contributed by atoms with van der Waals surface area (Å²) in [6.45, 7) is 4.29. The molecule has 0 fully saturated rings. The van der Waals surface area contributed by atoms with Crippen molar-refractivity contribution in [2.45, 2.75) is 13.8 Å². The summed E-state index contributed by atoms with van der Waals surface area (Å²) in [6.07, 6.45) is 0. The molecule has 0 spiro atoms. The number of fused-ring (bicyclic) bond motifs is 5. The van der Waals surface area contributed by atoms with Gasteiger partial charge in [0.1, 0.15) is 0 Å². The van der Waals surface area contributed by atoms with Gasteiger partial charge in [-0.1, -0.05) is 78.4 Å². The van der Waals surface area contributed by atoms with E-state index in [9.17, 15) is 0 Å². The molecule has 6 rings (SSSR count). The fraction of sp³-hybridized carbons (Fsp3) is 0.0667. The SMILES string of the molecule is Cc1ccc(-c2ccc3c(c2)c2c4ccccc4ccc2n3-c2cccc(C)c2)cc1. The predicted octanol–water partition coefficient (Wildman–Crippen LogP) is 8.22. The van der Waals surface area contributed by atoms with Gasteiger partial charge in [0.2, 0.25) is 0 Å². The van der Waals surface area contributed by atoms with Gasteiger partial charge in [-0.2, -0.15) is 0 Å². The van der Waals surface area contributed by atoms with Crippen molar-refractivity contribution in [3.05, 3.63) is 114 Å². The van der Waals surface area contributed by atoms with Gasteiger partial charge in [-0.25, -0.2) is 0 Å². The standard InChI is InChI=1S/C30H23N/c1-20-10-12-22(13-11-20)24-15-16-28-27(19-24)30-26-9-4-3-7-23(26)14-17-29(30)31(28)25-8-5-6-21(2)18-25/h3-19H,1-2H3. The van der Waals surface area contributed by atoms with Crippen LogP contribution in [-0.4, -0.2) is 4.57 Å². The summed E-state index contributed by atoms with van der Waals surface area (Å²) in [5.74, 6) is 0. The van der Waals surface area contributed by atoms with Gasteiger partial charge in [0.15, 0.2) is 0 Å². The maximum Gasteiger partial charge on any atom is 0.0547 e. The van der Waals surface area contributed by atoms with Crippen LogP contribution in [0.2, 0.25) is 0 Å². The van der Waals surface area contributed by atoms with Gasteiger partial charge >= 0.3 is 0 Å². The highest BCUT2D eigenvalue weighted by atomic mass is 15.0. The molecule has 0 aliphatic carbocycles. The van der Waals surface area contributed by atoms with E-state index >= 15 is 0 Å². The molecule has 0 amide bonds. The average Bonchev–Trinajstić information content (AvgIpc) is 3.13. The summed E-state index contributed by atoms with van der Waals surface area (Å²) in [5.41, 5.74) is 8.76. The van der Waals surface area contributed by atoms with Gasteiger partial charge in [0.25, 0.3) is 0 Å². The second-order valence-electron chi connectivity index (χ2n) is 8.45. The van der Waals surface area contributed by atoms with Crippen LogP contribution in [-0.2, 0) is 0 Å². The van der Waals surface area contributed by atoms with Crippen LogP contribution in [0.25, 0.3) is 49.4 Å². The maximum absolute atomic E-state index is 2.41. The Bertz CT molecular complexity index is 1580. The molecule has 0 unspecified atom stereocenters. The first-order valence-electron chi connectivity index (χ1n) is 10.8. The minimum Gasteiger partial charge on any atom is -0.309 e. The number of hydrogen-bond donors (Lipinski definition) is 0. The number of rotatable bonds is 2. The van der Waals surface area contributed by atoms with Gasteiger partial charge in [0, 0.05) is 16.5 Å². The van der Waals surface area contributed by atoms with Crippen molar-refractivity contribution >= 4 is 32.6 Å². The Labute approximate surface area is 182 Å². The molecular weight excluding hydrogens is 374 g/mol. The fourth-order valence-electron chi connectivity index (χ4n) is 4.76. The lowest BCUT2D eigenvalue weighted by molar-refractivity contribution is 1.17. The zero-order chi connectivity index (χ0) is 20.9. The summed E-state index contributed by atoms with van der Waals surface area (Å²) >= 11 is 0. The van der Waals surface area contributed by atoms with Gasteiger partial charge in [-0.05, 0) is 71.6 Å². The minimum atomic E-state index is 1.21. The van der Waals surface area contributed by atoms with Crippen LogP contribution in [0, 0.1) is 13.8 Å². The zero-order valence-corrected chi connectivity index (χ0v) is 17.8. The topological polar surface area (TPSA) is 4.93 Å². The van der Waals surface area contributed by atoms with Crippen molar-refractivity contribution in [3.63, 3.8) is 0 Å². The Morgan fingerprint density at radius 2 is 1.29 bits per heavy atom. The summed E-state index contributed by atoms with van der Waals surface area (Å²) in [4.78, 5) is 0. The minimum absolute atomic E-state index is 1.21. The Morgan fingerprint density at radius 3 is 2.13 bits per heavy atom. The lowest BCUT2D eigenvalue weighted by Crippen LogP contribution is -1.94. The fourth-order valence-corrected chi connectivity index (χ4v) is 4.76. The van der Waals surface area contributed by atoms with Crippen molar-refractivity contribution in [1.29, 1.82) is 0 Å². The second kappa shape index (κ2) is 6.85. The number of aryl methyl sites for hydroxylation is 2. The maximum atomic E-state index is 2.41. The number of benzene rings is 5. The van der Waals surface area contributed by atoms with Gasteiger partial charge in [-0.15, -0.1) is 0 Å². The Morgan fingerprint density at radius 1 is 0.516 bits per heavy atom. The van der Waals surface area contributed by atoms with E-state index in [0.717, 1.165) is 0 Å². The second-order valence-corrected chi connectivity index (χ2v) is 8.45. The van der Waals surface area contributed by atoms with Crippen molar-refractivity contribution in [2.24, 2.45) is 0 Å². The van der Waals surface area contributed by atoms with E-state index in [1.165, 1.54) is 60.5 Å². The molecule has 31 heavy (non-hydrogen) atoms. The Hall–Kier alpha value is -3.84. The predicted molar refractivity (Wildman–Crippen MR) is 133 cm³/mol. The molecule has 1 heterocycles. The largest absolute Gasteiger partial charge is 0.309 e. The molecule has 0 N–H and O–H groups in total. The van der Waals surface area contributed by atoms with Gasteiger partial charge in [-0.3, -0.25) is 0 Å². The smallest absolute Gasteiger partial charge is 0.0547 e. The average molecular weight is 398 g/mol. The van der Waals surface area contributed by atoms with E-state index in [4.69, 9.17) is 0 Å². The van der Waals surface area contributed by atoms with E-state index in [2.05, 4.69) is 122 Å². The molecule has 0 saturated heterocycles. The molecule has 5 aromatic carbocycles. The first-order chi connectivity index (χ1) is 15.2. The van der Waals surface area contributed by atoms with Crippen LogP contribution in [0.1, 0.15) is 11.1 Å². The summed E-state index contributed by atoms with van der Waals surface area (Å²) in [6, 6.07) is 37.7. The van der Waals surface area contributed by atoms with Crippen LogP contribution in [0.5, 0.6) is 0 Å². The Balaban J connectivity index is 1.75. The van der Waals surface area contributed by atoms with Crippen molar-refractivity contribution in [2.75, 3.05) is 0 Å². The van der Waals surface area contributed by atoms with Crippen molar-refractivity contribution < 1.29 is 0 Å². The zero-order valence-electron chi connectivity index (χ0n) is 17.8. The lowest BCUT2D eigenvalue weighted by Gasteiger charge is -2.09. The number of nitrogens with zero attached hydrogens (tertiary/aromatic N) is 1. The van der Waals surface area contributed by atoms with E-state index in [0.29, 0.717) is 0 Å². The number of aromatic nitrogens is 1. The van der Waals surface area contributed by atoms with E-state index in [1.807, 2.05) is 0 Å². The highest BCUT2D eigenvalue weighted by Gasteiger charge is 2.15. The molecule has 1 aromatic heterocycles. The monoisotopic (exact) mass is 397 g/mol. The molecular formula is C30H23N. The first kappa shape index (κ1) is 18.0. The molecule has 0 saturated carbocycles. The van der Waals surface area contributed by atoms with Crippen molar-refractivity contribution in [3.8, 4) is 16.8 Å². The van der Waals surface area contributed by atoms with Gasteiger partial charge in [0.05, 0.1) is 11.0 Å². The molecule has 0 atom stereocenters. The normalized spacial score (nSPS) is 11.5. The first-order valence-corrected chi connectivity index (χ1v) is 10.8. The molecule has 148 valence electrons. The summed E-state index contributed by atoms with van der Waals surface area (Å²) < 4.78 is 2.41. The van der Waals surface area contributed by atoms with Crippen LogP contribution in [0.4, 0.5) is 0 Å². The summed E-state index contributed by atoms with van der Waals surface area (Å²) in [7, 11) is 0. The lowest BCUT2D eigenvalue weighted by atomic mass is 9.99. The molecule has 0 aliphatic rings. The van der Waals surface area contributed by atoms with Crippen LogP contribution in [0.3, 0.4) is 0 Å². The molecule has 0 aliphatic heterocycles.